The third-order valence-corrected chi connectivity index (χ3v) is 9.24. The molecule has 0 bridgehead atoms. The maximum atomic E-state index is 12.5. The Morgan fingerprint density at radius 1 is 1.00 bits per heavy atom. The van der Waals surface area contributed by atoms with Gasteiger partial charge in [-0.05, 0) is 37.8 Å². The summed E-state index contributed by atoms with van der Waals surface area (Å²) in [7, 11) is -9.36. The fourth-order valence-corrected chi connectivity index (χ4v) is 7.17. The standard InChI is InChI=1S/C26H26N4O9S2/c31-20(32)4-2-1-3-10-30-11-9-29-26(30)21-16-12-18(40(33,34)35)22-14(5-7-27-22)24(16)39-25-15-6-8-28-23(15)19(13-17(21)25)41(36,37)38/h9,11-13,27H,1-8,10H2,(H,31,32)(H,33,34,35)(H,36,37,38). The third-order valence-electron chi connectivity index (χ3n) is 7.49. The number of carboxylic acid groups (broad SMARTS) is 1. The second-order valence-electron chi connectivity index (χ2n) is 10.1. The summed E-state index contributed by atoms with van der Waals surface area (Å²) in [6, 6.07) is 2.55. The summed E-state index contributed by atoms with van der Waals surface area (Å²) in [6.45, 7) is 1.17. The predicted octanol–water partition coefficient (Wildman–Crippen LogP) is 1.52. The molecule has 6 rings (SSSR count). The molecule has 0 unspecified atom stereocenters. The van der Waals surface area contributed by atoms with E-state index >= 15 is 0 Å². The lowest BCUT2D eigenvalue weighted by Gasteiger charge is -2.25. The lowest BCUT2D eigenvalue weighted by atomic mass is 9.93. The van der Waals surface area contributed by atoms with Gasteiger partial charge in [0.1, 0.15) is 27.1 Å². The highest BCUT2D eigenvalue weighted by atomic mass is 32.2. The molecule has 4 N–H and O–H groups in total. The Morgan fingerprint density at radius 2 is 1.78 bits per heavy atom. The van der Waals surface area contributed by atoms with Crippen LogP contribution in [0.25, 0.3) is 5.57 Å². The Morgan fingerprint density at radius 3 is 2.51 bits per heavy atom. The number of aliphatic carboxylic acids is 1. The van der Waals surface area contributed by atoms with E-state index in [0.717, 1.165) is 0 Å². The predicted molar refractivity (Wildman–Crippen MR) is 144 cm³/mol. The number of carboxylic acids is 1. The van der Waals surface area contributed by atoms with E-state index in [0.29, 0.717) is 91.3 Å². The van der Waals surface area contributed by atoms with Crippen molar-refractivity contribution in [3.05, 3.63) is 57.6 Å². The van der Waals surface area contributed by atoms with Crippen LogP contribution in [0.2, 0.25) is 0 Å². The summed E-state index contributed by atoms with van der Waals surface area (Å²) in [5.41, 5.74) is 1.96. The molecule has 13 nitrogen and oxygen atoms in total. The maximum absolute atomic E-state index is 12.5. The van der Waals surface area contributed by atoms with Gasteiger partial charge in [-0.2, -0.15) is 16.8 Å². The number of nitrogens with zero attached hydrogens (tertiary/aromatic N) is 3. The maximum Gasteiger partial charge on any atom is 0.303 e. The topological polar surface area (TPSA) is 197 Å². The van der Waals surface area contributed by atoms with Crippen molar-refractivity contribution in [2.75, 3.05) is 18.4 Å². The molecule has 3 aliphatic heterocycles. The quantitative estimate of drug-likeness (QED) is 0.160. The summed E-state index contributed by atoms with van der Waals surface area (Å²) in [6.07, 6.45) is 5.88. The monoisotopic (exact) mass is 602 g/mol. The molecule has 1 aromatic heterocycles. The molecule has 2 aromatic carbocycles. The van der Waals surface area contributed by atoms with Crippen LogP contribution in [-0.2, 0) is 44.4 Å². The molecule has 0 saturated heterocycles. The first-order valence-electron chi connectivity index (χ1n) is 13.0. The van der Waals surface area contributed by atoms with Gasteiger partial charge in [0.2, 0.25) is 0 Å². The van der Waals surface area contributed by atoms with Crippen molar-refractivity contribution >= 4 is 37.5 Å². The molecule has 41 heavy (non-hydrogen) atoms. The van der Waals surface area contributed by atoms with E-state index < -0.39 is 31.1 Å². The minimum atomic E-state index is -4.69. The zero-order chi connectivity index (χ0) is 29.1. The summed E-state index contributed by atoms with van der Waals surface area (Å²) >= 11 is 0. The Hall–Kier alpha value is -3.79. The van der Waals surface area contributed by atoms with Crippen LogP contribution >= 0.6 is 0 Å². The number of aromatic nitrogens is 2. The van der Waals surface area contributed by atoms with Crippen LogP contribution in [0.5, 0.6) is 11.5 Å². The first-order valence-corrected chi connectivity index (χ1v) is 15.9. The zero-order valence-electron chi connectivity index (χ0n) is 21.6. The number of fused-ring (bicyclic) bond motifs is 6. The SMILES string of the molecule is O=C(O)CCCCCn1ccnc1C1=c2cc(S(=O)(=O)O)c3c(c2Oc2c1cc(S(=O)(=O)O)c1c2CCN1)CCN=3. The van der Waals surface area contributed by atoms with E-state index in [1.54, 1.807) is 12.4 Å². The van der Waals surface area contributed by atoms with Gasteiger partial charge in [-0.15, -0.1) is 0 Å². The van der Waals surface area contributed by atoms with Gasteiger partial charge in [0.15, 0.2) is 0 Å². The Labute approximate surface area is 234 Å². The molecule has 0 amide bonds. The van der Waals surface area contributed by atoms with Gasteiger partial charge >= 0.3 is 5.97 Å². The highest BCUT2D eigenvalue weighted by Crippen LogP contribution is 2.46. The Bertz CT molecular complexity index is 1970. The number of aryl methyl sites for hydroxylation is 1. The molecular formula is C26H26N4O9S2. The molecule has 0 atom stereocenters. The molecule has 0 radical (unpaired) electrons. The van der Waals surface area contributed by atoms with Gasteiger partial charge in [0, 0.05) is 65.9 Å². The zero-order valence-corrected chi connectivity index (χ0v) is 23.3. The normalized spacial score (nSPS) is 15.3. The highest BCUT2D eigenvalue weighted by Gasteiger charge is 2.35. The van der Waals surface area contributed by atoms with Crippen LogP contribution in [0.3, 0.4) is 0 Å². The summed E-state index contributed by atoms with van der Waals surface area (Å²) in [5, 5.41) is 12.4. The molecule has 15 heteroatoms. The first kappa shape index (κ1) is 27.4. The minimum Gasteiger partial charge on any atom is -0.481 e. The number of imidazole rings is 1. The van der Waals surface area contributed by atoms with Crippen LogP contribution in [-0.4, -0.2) is 59.7 Å². The summed E-state index contributed by atoms with van der Waals surface area (Å²) in [4.78, 5) is 19.0. The van der Waals surface area contributed by atoms with Crippen molar-refractivity contribution in [2.24, 2.45) is 4.99 Å². The molecule has 0 spiro atoms. The number of benzene rings is 2. The summed E-state index contributed by atoms with van der Waals surface area (Å²) < 4.78 is 78.2. The van der Waals surface area contributed by atoms with E-state index in [9.17, 15) is 30.7 Å². The minimum absolute atomic E-state index is 0.0539. The Balaban J connectivity index is 1.64. The van der Waals surface area contributed by atoms with Crippen LogP contribution < -0.4 is 20.6 Å². The van der Waals surface area contributed by atoms with Gasteiger partial charge in [-0.3, -0.25) is 18.9 Å². The molecular weight excluding hydrogens is 576 g/mol. The number of nitrogens with one attached hydrogen (secondary N) is 1. The van der Waals surface area contributed by atoms with Crippen molar-refractivity contribution in [2.45, 2.75) is 54.9 Å². The van der Waals surface area contributed by atoms with Crippen molar-refractivity contribution in [3.8, 4) is 11.5 Å². The van der Waals surface area contributed by atoms with Gasteiger partial charge in [0.05, 0.1) is 11.0 Å². The number of ether oxygens (including phenoxy) is 1. The van der Waals surface area contributed by atoms with Crippen LogP contribution in [0.15, 0.2) is 39.3 Å². The number of carbonyl (C=O) groups is 1. The van der Waals surface area contributed by atoms with Crippen molar-refractivity contribution in [1.82, 2.24) is 9.55 Å². The lowest BCUT2D eigenvalue weighted by Crippen LogP contribution is -2.28. The number of unbranched alkanes of at least 4 members (excludes halogenated alkanes) is 2. The summed E-state index contributed by atoms with van der Waals surface area (Å²) in [5.74, 6) is 0.229. The van der Waals surface area contributed by atoms with Gasteiger partial charge in [-0.1, -0.05) is 6.42 Å². The molecule has 216 valence electrons. The Kier molecular flexibility index (Phi) is 6.64. The molecule has 4 heterocycles. The van der Waals surface area contributed by atoms with Gasteiger partial charge in [0.25, 0.3) is 20.2 Å². The molecule has 3 aliphatic rings. The molecule has 0 saturated carbocycles. The van der Waals surface area contributed by atoms with E-state index in [-0.39, 0.29) is 27.6 Å². The smallest absolute Gasteiger partial charge is 0.303 e. The lowest BCUT2D eigenvalue weighted by molar-refractivity contribution is -0.137. The number of hydrogen-bond donors (Lipinski definition) is 4. The van der Waals surface area contributed by atoms with E-state index in [2.05, 4.69) is 15.3 Å². The van der Waals surface area contributed by atoms with Crippen LogP contribution in [0.4, 0.5) is 5.69 Å². The fraction of sp³-hybridized carbons (Fsp3) is 0.346. The largest absolute Gasteiger partial charge is 0.481 e. The van der Waals surface area contributed by atoms with E-state index in [1.807, 2.05) is 4.57 Å². The van der Waals surface area contributed by atoms with E-state index in [1.165, 1.54) is 12.1 Å². The number of hydrogen-bond acceptors (Lipinski definition) is 9. The van der Waals surface area contributed by atoms with Crippen molar-refractivity contribution in [3.63, 3.8) is 0 Å². The van der Waals surface area contributed by atoms with Crippen molar-refractivity contribution < 1.29 is 40.6 Å². The molecule has 0 aliphatic carbocycles. The van der Waals surface area contributed by atoms with Gasteiger partial charge < -0.3 is 19.7 Å². The first-order chi connectivity index (χ1) is 19.4. The average molecular weight is 603 g/mol. The molecule has 3 aromatic rings. The molecule has 0 fully saturated rings. The number of rotatable bonds is 9. The second kappa shape index (κ2) is 9.94. The van der Waals surface area contributed by atoms with Crippen LogP contribution in [0.1, 0.15) is 48.2 Å². The van der Waals surface area contributed by atoms with Crippen LogP contribution in [0, 0.1) is 0 Å². The van der Waals surface area contributed by atoms with Gasteiger partial charge in [-0.25, -0.2) is 4.98 Å². The highest BCUT2D eigenvalue weighted by molar-refractivity contribution is 7.86. The van der Waals surface area contributed by atoms with E-state index in [4.69, 9.17) is 9.84 Å². The van der Waals surface area contributed by atoms with Crippen molar-refractivity contribution in [1.29, 1.82) is 0 Å². The number of anilines is 1. The average Bonchev–Trinajstić information content (AvgIpc) is 3.66. The second-order valence-corrected chi connectivity index (χ2v) is 12.8. The fourth-order valence-electron chi connectivity index (χ4n) is 5.75. The third kappa shape index (κ3) is 4.77.